The smallest absolute Gasteiger partial charge is 0.150 e. The van der Waals surface area contributed by atoms with E-state index in [2.05, 4.69) is 6.07 Å². The standard InChI is InChI=1S/C12H14N2O2S/c13-7-9-3-1-2-4-11(9)12(14)10-5-6-17(15,16)8-10/h1-4,10,12H,5-6,8,14H2. The van der Waals surface area contributed by atoms with E-state index >= 15 is 0 Å². The van der Waals surface area contributed by atoms with Gasteiger partial charge in [0.25, 0.3) is 0 Å². The summed E-state index contributed by atoms with van der Waals surface area (Å²) in [6.07, 6.45) is 0.587. The Morgan fingerprint density at radius 3 is 2.71 bits per heavy atom. The predicted octanol–water partition coefficient (Wildman–Crippen LogP) is 0.993. The first-order valence-electron chi connectivity index (χ1n) is 5.48. The van der Waals surface area contributed by atoms with Gasteiger partial charge >= 0.3 is 0 Å². The lowest BCUT2D eigenvalue weighted by Gasteiger charge is -2.19. The summed E-state index contributed by atoms with van der Waals surface area (Å²) in [6, 6.07) is 8.82. The van der Waals surface area contributed by atoms with Crippen LogP contribution in [0.25, 0.3) is 0 Å². The van der Waals surface area contributed by atoms with Crippen LogP contribution < -0.4 is 5.73 Å². The topological polar surface area (TPSA) is 83.9 Å². The third-order valence-corrected chi connectivity index (χ3v) is 5.01. The summed E-state index contributed by atoms with van der Waals surface area (Å²) in [5.74, 6) is 0.267. The van der Waals surface area contributed by atoms with Crippen LogP contribution in [0.1, 0.15) is 23.6 Å². The van der Waals surface area contributed by atoms with Crippen LogP contribution in [0.3, 0.4) is 0 Å². The maximum absolute atomic E-state index is 11.4. The van der Waals surface area contributed by atoms with Gasteiger partial charge < -0.3 is 5.73 Å². The Morgan fingerprint density at radius 1 is 1.41 bits per heavy atom. The molecular formula is C12H14N2O2S. The minimum Gasteiger partial charge on any atom is -0.324 e. The Hall–Kier alpha value is -1.38. The molecule has 1 aromatic rings. The molecule has 4 nitrogen and oxygen atoms in total. The summed E-state index contributed by atoms with van der Waals surface area (Å²) in [5.41, 5.74) is 7.36. The number of hydrogen-bond donors (Lipinski definition) is 1. The van der Waals surface area contributed by atoms with Gasteiger partial charge in [0.1, 0.15) is 0 Å². The number of nitrogens with two attached hydrogens (primary N) is 1. The lowest BCUT2D eigenvalue weighted by atomic mass is 9.90. The fraction of sp³-hybridized carbons (Fsp3) is 0.417. The minimum atomic E-state index is -2.93. The SMILES string of the molecule is N#Cc1ccccc1C(N)C1CCS(=O)(=O)C1. The van der Waals surface area contributed by atoms with Gasteiger partial charge in [0.2, 0.25) is 0 Å². The predicted molar refractivity (Wildman–Crippen MR) is 64.8 cm³/mol. The van der Waals surface area contributed by atoms with Crippen molar-refractivity contribution in [2.24, 2.45) is 11.7 Å². The molecule has 1 heterocycles. The molecule has 2 unspecified atom stereocenters. The zero-order valence-corrected chi connectivity index (χ0v) is 10.2. The fourth-order valence-corrected chi connectivity index (χ4v) is 4.11. The molecule has 0 aromatic heterocycles. The second kappa shape index (κ2) is 4.47. The Labute approximate surface area is 101 Å². The molecule has 17 heavy (non-hydrogen) atoms. The highest BCUT2D eigenvalue weighted by molar-refractivity contribution is 7.91. The van der Waals surface area contributed by atoms with Crippen LogP contribution in [0, 0.1) is 17.2 Å². The van der Waals surface area contributed by atoms with Gasteiger partial charge in [-0.15, -0.1) is 0 Å². The Balaban J connectivity index is 2.27. The molecule has 1 aromatic carbocycles. The van der Waals surface area contributed by atoms with Crippen molar-refractivity contribution in [1.82, 2.24) is 0 Å². The van der Waals surface area contributed by atoms with Crippen molar-refractivity contribution < 1.29 is 8.42 Å². The zero-order chi connectivity index (χ0) is 12.5. The van der Waals surface area contributed by atoms with E-state index in [-0.39, 0.29) is 23.5 Å². The van der Waals surface area contributed by atoms with Crippen LogP contribution in [-0.4, -0.2) is 19.9 Å². The largest absolute Gasteiger partial charge is 0.324 e. The maximum Gasteiger partial charge on any atom is 0.150 e. The van der Waals surface area contributed by atoms with Crippen LogP contribution in [0.4, 0.5) is 0 Å². The molecule has 1 aliphatic rings. The average molecular weight is 250 g/mol. The van der Waals surface area contributed by atoms with Gasteiger partial charge in [-0.3, -0.25) is 0 Å². The van der Waals surface area contributed by atoms with E-state index in [1.807, 2.05) is 6.07 Å². The molecule has 0 aliphatic carbocycles. The fourth-order valence-electron chi connectivity index (χ4n) is 2.25. The van der Waals surface area contributed by atoms with E-state index in [0.29, 0.717) is 12.0 Å². The molecule has 0 spiro atoms. The zero-order valence-electron chi connectivity index (χ0n) is 9.33. The van der Waals surface area contributed by atoms with E-state index in [4.69, 9.17) is 11.0 Å². The van der Waals surface area contributed by atoms with Crippen molar-refractivity contribution in [1.29, 1.82) is 5.26 Å². The number of nitriles is 1. The van der Waals surface area contributed by atoms with Gasteiger partial charge in [-0.25, -0.2) is 8.42 Å². The van der Waals surface area contributed by atoms with E-state index in [0.717, 1.165) is 5.56 Å². The summed E-state index contributed by atoms with van der Waals surface area (Å²) < 4.78 is 22.8. The van der Waals surface area contributed by atoms with E-state index < -0.39 is 9.84 Å². The highest BCUT2D eigenvalue weighted by Gasteiger charge is 2.33. The molecule has 1 saturated heterocycles. The first kappa shape index (κ1) is 12.1. The van der Waals surface area contributed by atoms with Crippen molar-refractivity contribution in [2.75, 3.05) is 11.5 Å². The van der Waals surface area contributed by atoms with Crippen molar-refractivity contribution in [2.45, 2.75) is 12.5 Å². The van der Waals surface area contributed by atoms with Gasteiger partial charge in [-0.1, -0.05) is 18.2 Å². The van der Waals surface area contributed by atoms with Crippen molar-refractivity contribution in [3.05, 3.63) is 35.4 Å². The number of nitrogens with zero attached hydrogens (tertiary/aromatic N) is 1. The summed E-state index contributed by atoms with van der Waals surface area (Å²) in [6.45, 7) is 0. The van der Waals surface area contributed by atoms with Crippen LogP contribution in [0.5, 0.6) is 0 Å². The molecular weight excluding hydrogens is 236 g/mol. The van der Waals surface area contributed by atoms with Gasteiger partial charge in [-0.2, -0.15) is 5.26 Å². The highest BCUT2D eigenvalue weighted by atomic mass is 32.2. The molecule has 2 rings (SSSR count). The van der Waals surface area contributed by atoms with Gasteiger partial charge in [0, 0.05) is 6.04 Å². The van der Waals surface area contributed by atoms with E-state index in [1.165, 1.54) is 0 Å². The molecule has 2 N–H and O–H groups in total. The van der Waals surface area contributed by atoms with Crippen LogP contribution in [0.15, 0.2) is 24.3 Å². The number of hydrogen-bond acceptors (Lipinski definition) is 4. The molecule has 1 aliphatic heterocycles. The summed E-state index contributed by atoms with van der Waals surface area (Å²) in [5, 5.41) is 8.99. The highest BCUT2D eigenvalue weighted by Crippen LogP contribution is 2.30. The molecule has 0 amide bonds. The average Bonchev–Trinajstić information content (AvgIpc) is 2.68. The Kier molecular flexibility index (Phi) is 3.18. The third kappa shape index (κ3) is 2.48. The van der Waals surface area contributed by atoms with Gasteiger partial charge in [-0.05, 0) is 24.0 Å². The molecule has 1 fully saturated rings. The lowest BCUT2D eigenvalue weighted by molar-refractivity contribution is 0.479. The Morgan fingerprint density at radius 2 is 2.12 bits per heavy atom. The van der Waals surface area contributed by atoms with E-state index in [1.54, 1.807) is 18.2 Å². The molecule has 0 saturated carbocycles. The second-order valence-electron chi connectivity index (χ2n) is 4.39. The monoisotopic (exact) mass is 250 g/mol. The number of sulfone groups is 1. The third-order valence-electron chi connectivity index (χ3n) is 3.22. The quantitative estimate of drug-likeness (QED) is 0.848. The Bertz CT molecular complexity index is 560. The molecule has 0 radical (unpaired) electrons. The van der Waals surface area contributed by atoms with Crippen molar-refractivity contribution in [3.8, 4) is 6.07 Å². The normalized spacial score (nSPS) is 24.1. The maximum atomic E-state index is 11.4. The van der Waals surface area contributed by atoms with Crippen molar-refractivity contribution >= 4 is 9.84 Å². The summed E-state index contributed by atoms with van der Waals surface area (Å²) in [7, 11) is -2.93. The van der Waals surface area contributed by atoms with Crippen LogP contribution in [-0.2, 0) is 9.84 Å². The molecule has 2 atom stereocenters. The van der Waals surface area contributed by atoms with Gasteiger partial charge in [0.15, 0.2) is 9.84 Å². The number of benzene rings is 1. The summed E-state index contributed by atoms with van der Waals surface area (Å²) >= 11 is 0. The van der Waals surface area contributed by atoms with Gasteiger partial charge in [0.05, 0.1) is 23.1 Å². The van der Waals surface area contributed by atoms with Crippen LogP contribution >= 0.6 is 0 Å². The number of rotatable bonds is 2. The first-order valence-corrected chi connectivity index (χ1v) is 7.30. The molecule has 5 heteroatoms. The van der Waals surface area contributed by atoms with Crippen LogP contribution in [0.2, 0.25) is 0 Å². The molecule has 90 valence electrons. The lowest BCUT2D eigenvalue weighted by Crippen LogP contribution is -2.23. The molecule has 0 bridgehead atoms. The summed E-state index contributed by atoms with van der Waals surface area (Å²) in [4.78, 5) is 0. The first-order chi connectivity index (χ1) is 8.03. The second-order valence-corrected chi connectivity index (χ2v) is 6.62. The van der Waals surface area contributed by atoms with E-state index in [9.17, 15) is 8.42 Å². The van der Waals surface area contributed by atoms with Crippen molar-refractivity contribution in [3.63, 3.8) is 0 Å². The minimum absolute atomic E-state index is 0.0745.